The molecule has 1 N–H and O–H groups in total. The van der Waals surface area contributed by atoms with Gasteiger partial charge in [0.1, 0.15) is 5.82 Å². The van der Waals surface area contributed by atoms with Crippen molar-refractivity contribution in [2.45, 2.75) is 18.4 Å². The Kier molecular flexibility index (Phi) is 6.31. The molecule has 0 radical (unpaired) electrons. The first-order chi connectivity index (χ1) is 15.4. The van der Waals surface area contributed by atoms with Gasteiger partial charge in [-0.05, 0) is 48.0 Å². The van der Waals surface area contributed by atoms with E-state index in [2.05, 4.69) is 10.3 Å². The molecule has 0 atom stereocenters. The highest BCUT2D eigenvalue weighted by Crippen LogP contribution is 2.27. The van der Waals surface area contributed by atoms with Crippen LogP contribution in [0.2, 0.25) is 0 Å². The predicted molar refractivity (Wildman–Crippen MR) is 124 cm³/mol. The molecule has 4 aromatic rings. The predicted octanol–water partition coefficient (Wildman–Crippen LogP) is 4.90. The number of carbonyl (C=O) groups excluding carboxylic acids is 1. The average molecular weight is 470 g/mol. The number of fused-ring (bicyclic) bond motifs is 1. The van der Waals surface area contributed by atoms with Crippen molar-refractivity contribution < 1.29 is 17.6 Å². The molecule has 0 aliphatic carbocycles. The molecule has 1 aromatic heterocycles. The van der Waals surface area contributed by atoms with E-state index in [9.17, 15) is 17.6 Å². The van der Waals surface area contributed by atoms with E-state index < -0.39 is 15.9 Å². The van der Waals surface area contributed by atoms with Crippen LogP contribution in [-0.4, -0.2) is 30.2 Å². The lowest BCUT2D eigenvalue weighted by molar-refractivity contribution is 0.102. The molecule has 9 heteroatoms. The van der Waals surface area contributed by atoms with Crippen LogP contribution in [0, 0.1) is 5.82 Å². The Morgan fingerprint density at radius 2 is 1.78 bits per heavy atom. The zero-order chi connectivity index (χ0) is 22.7. The number of nitrogens with zero attached hydrogens (tertiary/aromatic N) is 2. The molecule has 3 aromatic carbocycles. The summed E-state index contributed by atoms with van der Waals surface area (Å²) >= 11 is 1.16. The Bertz CT molecular complexity index is 1350. The summed E-state index contributed by atoms with van der Waals surface area (Å²) in [5.74, 6) is -0.797. The number of rotatable bonds is 7. The first-order valence-electron chi connectivity index (χ1n) is 9.88. The fraction of sp³-hybridized carbons (Fsp3) is 0.130. The first kappa shape index (κ1) is 22.1. The number of hydrogen-bond donors (Lipinski definition) is 1. The maximum absolute atomic E-state index is 13.4. The number of halogens is 1. The summed E-state index contributed by atoms with van der Waals surface area (Å²) < 4.78 is 41.5. The monoisotopic (exact) mass is 469 g/mol. The fourth-order valence-corrected chi connectivity index (χ4v) is 5.53. The highest BCUT2D eigenvalue weighted by Gasteiger charge is 2.23. The minimum Gasteiger partial charge on any atom is -0.298 e. The molecular weight excluding hydrogens is 449 g/mol. The van der Waals surface area contributed by atoms with Crippen molar-refractivity contribution in [3.63, 3.8) is 0 Å². The van der Waals surface area contributed by atoms with Crippen LogP contribution in [0.1, 0.15) is 22.8 Å². The lowest BCUT2D eigenvalue weighted by Crippen LogP contribution is -2.30. The molecule has 0 bridgehead atoms. The molecule has 0 fully saturated rings. The smallest absolute Gasteiger partial charge is 0.257 e. The maximum Gasteiger partial charge on any atom is 0.257 e. The number of aromatic nitrogens is 1. The maximum atomic E-state index is 13.4. The van der Waals surface area contributed by atoms with Crippen LogP contribution in [0.4, 0.5) is 9.52 Å². The summed E-state index contributed by atoms with van der Waals surface area (Å²) in [6, 6.07) is 19.4. The van der Waals surface area contributed by atoms with E-state index in [1.165, 1.54) is 40.7 Å². The molecule has 0 spiro atoms. The molecule has 6 nitrogen and oxygen atoms in total. The van der Waals surface area contributed by atoms with Crippen LogP contribution >= 0.6 is 11.3 Å². The first-order valence-corrected chi connectivity index (χ1v) is 12.1. The molecular formula is C23H20FN3O3S2. The SMILES string of the molecule is CCN(Cc1ccccc1)S(=O)(=O)c1ccc(C(=O)Nc2nc3ccc(F)cc3s2)cc1. The van der Waals surface area contributed by atoms with Crippen LogP contribution in [0.5, 0.6) is 0 Å². The molecule has 0 aliphatic heterocycles. The van der Waals surface area contributed by atoms with Crippen molar-refractivity contribution >= 4 is 42.6 Å². The van der Waals surface area contributed by atoms with Gasteiger partial charge >= 0.3 is 0 Å². The number of sulfonamides is 1. The Hall–Kier alpha value is -3.14. The van der Waals surface area contributed by atoms with Gasteiger partial charge in [0.25, 0.3) is 5.91 Å². The van der Waals surface area contributed by atoms with Crippen molar-refractivity contribution in [1.29, 1.82) is 0 Å². The number of amides is 1. The highest BCUT2D eigenvalue weighted by molar-refractivity contribution is 7.89. The lowest BCUT2D eigenvalue weighted by atomic mass is 10.2. The molecule has 1 amide bonds. The van der Waals surface area contributed by atoms with Crippen LogP contribution in [-0.2, 0) is 16.6 Å². The average Bonchev–Trinajstić information content (AvgIpc) is 3.19. The van der Waals surface area contributed by atoms with Gasteiger partial charge in [-0.1, -0.05) is 48.6 Å². The Balaban J connectivity index is 1.50. The number of carbonyl (C=O) groups is 1. The quantitative estimate of drug-likeness (QED) is 0.418. The fourth-order valence-electron chi connectivity index (χ4n) is 3.20. The van der Waals surface area contributed by atoms with Crippen LogP contribution in [0.3, 0.4) is 0 Å². The van der Waals surface area contributed by atoms with Gasteiger partial charge in [-0.2, -0.15) is 4.31 Å². The van der Waals surface area contributed by atoms with Gasteiger partial charge in [0.05, 0.1) is 15.1 Å². The normalized spacial score (nSPS) is 11.7. The lowest BCUT2D eigenvalue weighted by Gasteiger charge is -2.20. The number of thiazole rings is 1. The van der Waals surface area contributed by atoms with Crippen molar-refractivity contribution in [1.82, 2.24) is 9.29 Å². The van der Waals surface area contributed by atoms with Gasteiger partial charge in [-0.3, -0.25) is 10.1 Å². The van der Waals surface area contributed by atoms with Crippen molar-refractivity contribution in [2.24, 2.45) is 0 Å². The summed E-state index contributed by atoms with van der Waals surface area (Å²) in [7, 11) is -3.72. The zero-order valence-corrected chi connectivity index (χ0v) is 18.8. The van der Waals surface area contributed by atoms with Gasteiger partial charge in [-0.25, -0.2) is 17.8 Å². The summed E-state index contributed by atoms with van der Waals surface area (Å²) in [4.78, 5) is 17.0. The number of hydrogen-bond acceptors (Lipinski definition) is 5. The highest BCUT2D eigenvalue weighted by atomic mass is 32.2. The summed E-state index contributed by atoms with van der Waals surface area (Å²) in [6.45, 7) is 2.37. The molecule has 0 saturated carbocycles. The molecule has 0 saturated heterocycles. The minimum atomic E-state index is -3.72. The van der Waals surface area contributed by atoms with Crippen LogP contribution in [0.25, 0.3) is 10.2 Å². The van der Waals surface area contributed by atoms with E-state index in [1.54, 1.807) is 13.0 Å². The second kappa shape index (κ2) is 9.15. The van der Waals surface area contributed by atoms with Gasteiger partial charge in [0.15, 0.2) is 5.13 Å². The van der Waals surface area contributed by atoms with Crippen molar-refractivity contribution in [2.75, 3.05) is 11.9 Å². The molecule has 0 unspecified atom stereocenters. The van der Waals surface area contributed by atoms with E-state index in [-0.39, 0.29) is 17.3 Å². The summed E-state index contributed by atoms with van der Waals surface area (Å²) in [5.41, 5.74) is 1.77. The third kappa shape index (κ3) is 4.69. The van der Waals surface area contributed by atoms with Crippen molar-refractivity contribution in [3.05, 3.63) is 89.7 Å². The molecule has 164 valence electrons. The topological polar surface area (TPSA) is 79.4 Å². The second-order valence-corrected chi connectivity index (χ2v) is 9.99. The van der Waals surface area contributed by atoms with E-state index in [4.69, 9.17) is 0 Å². The van der Waals surface area contributed by atoms with Gasteiger partial charge in [-0.15, -0.1) is 0 Å². The zero-order valence-electron chi connectivity index (χ0n) is 17.2. The van der Waals surface area contributed by atoms with Crippen LogP contribution < -0.4 is 5.32 Å². The van der Waals surface area contributed by atoms with E-state index in [0.717, 1.165) is 16.9 Å². The van der Waals surface area contributed by atoms with Crippen molar-refractivity contribution in [3.8, 4) is 0 Å². The third-order valence-electron chi connectivity index (χ3n) is 4.88. The van der Waals surface area contributed by atoms with Gasteiger partial charge in [0.2, 0.25) is 10.0 Å². The minimum absolute atomic E-state index is 0.113. The van der Waals surface area contributed by atoms with Crippen LogP contribution in [0.15, 0.2) is 77.7 Å². The second-order valence-electron chi connectivity index (χ2n) is 7.03. The molecule has 4 rings (SSSR count). The number of nitrogens with one attached hydrogen (secondary N) is 1. The standard InChI is InChI=1S/C23H20FN3O3S2/c1-2-27(15-16-6-4-3-5-7-16)32(29,30)19-11-8-17(9-12-19)22(28)26-23-25-20-13-10-18(24)14-21(20)31-23/h3-14H,2,15H2,1H3,(H,25,26,28). The van der Waals surface area contributed by atoms with Gasteiger partial charge < -0.3 is 0 Å². The third-order valence-corrected chi connectivity index (χ3v) is 7.75. The Morgan fingerprint density at radius 3 is 2.47 bits per heavy atom. The summed E-state index contributed by atoms with van der Waals surface area (Å²) in [5, 5.41) is 3.02. The van der Waals surface area contributed by atoms with E-state index in [1.807, 2.05) is 30.3 Å². The number of benzene rings is 3. The molecule has 32 heavy (non-hydrogen) atoms. The molecule has 0 aliphatic rings. The van der Waals surface area contributed by atoms with Gasteiger partial charge in [0, 0.05) is 18.7 Å². The Morgan fingerprint density at radius 1 is 1.06 bits per heavy atom. The molecule has 1 heterocycles. The summed E-state index contributed by atoms with van der Waals surface area (Å²) in [6.07, 6.45) is 0. The van der Waals surface area contributed by atoms with E-state index >= 15 is 0 Å². The van der Waals surface area contributed by atoms with E-state index in [0.29, 0.717) is 27.5 Å². The number of anilines is 1. The largest absolute Gasteiger partial charge is 0.298 e. The Labute approximate surface area is 189 Å².